The Hall–Kier alpha value is -3.43. The zero-order chi connectivity index (χ0) is 19.4. The Balaban J connectivity index is 1.84. The minimum Gasteiger partial charge on any atom is -0.340 e. The second-order valence-corrected chi connectivity index (χ2v) is 6.35. The van der Waals surface area contributed by atoms with E-state index in [-0.39, 0.29) is 11.6 Å². The Bertz CT molecular complexity index is 1060. The molecule has 0 saturated carbocycles. The van der Waals surface area contributed by atoms with E-state index in [1.807, 2.05) is 25.1 Å². The van der Waals surface area contributed by atoms with E-state index in [9.17, 15) is 4.79 Å². The summed E-state index contributed by atoms with van der Waals surface area (Å²) in [6.07, 6.45) is 0. The summed E-state index contributed by atoms with van der Waals surface area (Å²) in [5.41, 5.74) is 3.01. The molecule has 3 aromatic rings. The third-order valence-corrected chi connectivity index (χ3v) is 4.01. The van der Waals surface area contributed by atoms with Gasteiger partial charge >= 0.3 is 0 Å². The molecule has 1 heterocycles. The Morgan fingerprint density at radius 2 is 1.93 bits per heavy atom. The smallest absolute Gasteiger partial charge is 0.274 e. The topological polar surface area (TPSA) is 90.7 Å². The van der Waals surface area contributed by atoms with Gasteiger partial charge in [0.05, 0.1) is 11.6 Å². The van der Waals surface area contributed by atoms with E-state index in [4.69, 9.17) is 16.9 Å². The highest BCUT2D eigenvalue weighted by atomic mass is 35.5. The van der Waals surface area contributed by atoms with Crippen LogP contribution < -0.4 is 10.6 Å². The summed E-state index contributed by atoms with van der Waals surface area (Å²) < 4.78 is 0. The quantitative estimate of drug-likeness (QED) is 0.692. The average molecular weight is 378 g/mol. The molecule has 1 amide bonds. The zero-order valence-electron chi connectivity index (χ0n) is 14.7. The predicted molar refractivity (Wildman–Crippen MR) is 105 cm³/mol. The summed E-state index contributed by atoms with van der Waals surface area (Å²) in [6, 6.07) is 15.8. The van der Waals surface area contributed by atoms with E-state index in [0.29, 0.717) is 27.9 Å². The van der Waals surface area contributed by atoms with Crippen LogP contribution in [0.4, 0.5) is 17.2 Å². The molecule has 0 aliphatic heterocycles. The Labute approximate surface area is 161 Å². The standard InChI is InChI=1S/C20H16ClN5O/c1-12-8-15(21)6-7-17(12)26-19-10-18(23-13(2)24-19)20(27)25-16-5-3-4-14(9-16)11-22/h3-10H,1-2H3,(H,25,27)(H,23,24,26). The minimum absolute atomic E-state index is 0.221. The van der Waals surface area contributed by atoms with Crippen molar-refractivity contribution >= 4 is 34.7 Å². The fourth-order valence-electron chi connectivity index (χ4n) is 2.51. The van der Waals surface area contributed by atoms with E-state index in [2.05, 4.69) is 20.6 Å². The summed E-state index contributed by atoms with van der Waals surface area (Å²) in [7, 11) is 0. The van der Waals surface area contributed by atoms with Crippen molar-refractivity contribution in [2.75, 3.05) is 10.6 Å². The second-order valence-electron chi connectivity index (χ2n) is 5.92. The second kappa shape index (κ2) is 7.85. The number of halogens is 1. The predicted octanol–water partition coefficient (Wildman–Crippen LogP) is 4.61. The fourth-order valence-corrected chi connectivity index (χ4v) is 2.74. The van der Waals surface area contributed by atoms with Crippen LogP contribution in [0.1, 0.15) is 27.4 Å². The van der Waals surface area contributed by atoms with Crippen molar-refractivity contribution in [1.29, 1.82) is 5.26 Å². The molecule has 134 valence electrons. The van der Waals surface area contributed by atoms with Crippen LogP contribution in [-0.4, -0.2) is 15.9 Å². The summed E-state index contributed by atoms with van der Waals surface area (Å²) >= 11 is 5.98. The number of nitrogens with one attached hydrogen (secondary N) is 2. The molecule has 0 atom stereocenters. The number of aryl methyl sites for hydroxylation is 2. The van der Waals surface area contributed by atoms with Crippen LogP contribution in [0.3, 0.4) is 0 Å². The minimum atomic E-state index is -0.383. The molecule has 0 unspecified atom stereocenters. The van der Waals surface area contributed by atoms with Crippen LogP contribution >= 0.6 is 11.6 Å². The maximum absolute atomic E-state index is 12.6. The molecular formula is C20H16ClN5O. The van der Waals surface area contributed by atoms with Crippen LogP contribution in [0.5, 0.6) is 0 Å². The van der Waals surface area contributed by atoms with Crippen molar-refractivity contribution in [2.24, 2.45) is 0 Å². The van der Waals surface area contributed by atoms with Crippen molar-refractivity contribution in [2.45, 2.75) is 13.8 Å². The van der Waals surface area contributed by atoms with Crippen molar-refractivity contribution in [1.82, 2.24) is 9.97 Å². The number of anilines is 3. The number of aromatic nitrogens is 2. The first kappa shape index (κ1) is 18.4. The Kier molecular flexibility index (Phi) is 5.34. The summed E-state index contributed by atoms with van der Waals surface area (Å²) in [6.45, 7) is 3.64. The maximum atomic E-state index is 12.6. The lowest BCUT2D eigenvalue weighted by molar-refractivity contribution is 0.102. The Morgan fingerprint density at radius 1 is 1.11 bits per heavy atom. The molecule has 1 aromatic heterocycles. The van der Waals surface area contributed by atoms with Gasteiger partial charge < -0.3 is 10.6 Å². The number of rotatable bonds is 4. The van der Waals surface area contributed by atoms with Gasteiger partial charge in [0.2, 0.25) is 0 Å². The molecule has 0 radical (unpaired) electrons. The maximum Gasteiger partial charge on any atom is 0.274 e. The SMILES string of the molecule is Cc1nc(Nc2ccc(Cl)cc2C)cc(C(=O)Nc2cccc(C#N)c2)n1. The van der Waals surface area contributed by atoms with Gasteiger partial charge in [-0.15, -0.1) is 0 Å². The molecule has 6 nitrogen and oxygen atoms in total. The molecule has 0 aliphatic carbocycles. The van der Waals surface area contributed by atoms with Crippen molar-refractivity contribution < 1.29 is 4.79 Å². The molecule has 0 fully saturated rings. The van der Waals surface area contributed by atoms with Gasteiger partial charge in [0.15, 0.2) is 0 Å². The van der Waals surface area contributed by atoms with E-state index in [1.165, 1.54) is 0 Å². The van der Waals surface area contributed by atoms with Gasteiger partial charge in [-0.2, -0.15) is 5.26 Å². The van der Waals surface area contributed by atoms with Gasteiger partial charge in [0, 0.05) is 22.5 Å². The van der Waals surface area contributed by atoms with E-state index < -0.39 is 0 Å². The third kappa shape index (κ3) is 4.60. The van der Waals surface area contributed by atoms with Crippen LogP contribution in [0, 0.1) is 25.2 Å². The summed E-state index contributed by atoms with van der Waals surface area (Å²) in [5, 5.41) is 15.5. The van der Waals surface area contributed by atoms with Gasteiger partial charge in [0.25, 0.3) is 5.91 Å². The number of carbonyl (C=O) groups excluding carboxylic acids is 1. The molecule has 2 N–H and O–H groups in total. The van der Waals surface area contributed by atoms with E-state index in [0.717, 1.165) is 11.3 Å². The lowest BCUT2D eigenvalue weighted by Gasteiger charge is -2.11. The largest absolute Gasteiger partial charge is 0.340 e. The van der Waals surface area contributed by atoms with Crippen LogP contribution in [0.2, 0.25) is 5.02 Å². The number of carbonyl (C=O) groups is 1. The molecule has 27 heavy (non-hydrogen) atoms. The monoisotopic (exact) mass is 377 g/mol. The van der Waals surface area contributed by atoms with Gasteiger partial charge in [-0.1, -0.05) is 17.7 Å². The highest BCUT2D eigenvalue weighted by molar-refractivity contribution is 6.30. The summed E-state index contributed by atoms with van der Waals surface area (Å²) in [4.78, 5) is 21.1. The first-order valence-corrected chi connectivity index (χ1v) is 8.53. The van der Waals surface area contributed by atoms with Gasteiger partial charge in [0.1, 0.15) is 17.3 Å². The van der Waals surface area contributed by atoms with Gasteiger partial charge in [-0.25, -0.2) is 9.97 Å². The van der Waals surface area contributed by atoms with Gasteiger partial charge in [-0.3, -0.25) is 4.79 Å². The van der Waals surface area contributed by atoms with Crippen LogP contribution in [0.25, 0.3) is 0 Å². The lowest BCUT2D eigenvalue weighted by Crippen LogP contribution is -2.15. The first-order chi connectivity index (χ1) is 12.9. The molecule has 3 rings (SSSR count). The molecule has 0 saturated heterocycles. The molecule has 0 aliphatic rings. The zero-order valence-corrected chi connectivity index (χ0v) is 15.5. The number of hydrogen-bond donors (Lipinski definition) is 2. The third-order valence-electron chi connectivity index (χ3n) is 3.77. The van der Waals surface area contributed by atoms with Crippen LogP contribution in [-0.2, 0) is 0 Å². The van der Waals surface area contributed by atoms with Crippen molar-refractivity contribution in [3.8, 4) is 6.07 Å². The van der Waals surface area contributed by atoms with Crippen molar-refractivity contribution in [3.63, 3.8) is 0 Å². The molecular weight excluding hydrogens is 362 g/mol. The number of amides is 1. The summed E-state index contributed by atoms with van der Waals surface area (Å²) in [5.74, 6) is 0.581. The molecule has 7 heteroatoms. The average Bonchev–Trinajstić information content (AvgIpc) is 2.64. The van der Waals surface area contributed by atoms with Gasteiger partial charge in [-0.05, 0) is 55.8 Å². The molecule has 0 bridgehead atoms. The van der Waals surface area contributed by atoms with E-state index in [1.54, 1.807) is 43.3 Å². The highest BCUT2D eigenvalue weighted by Crippen LogP contribution is 2.23. The van der Waals surface area contributed by atoms with Crippen molar-refractivity contribution in [3.05, 3.63) is 76.2 Å². The fraction of sp³-hybridized carbons (Fsp3) is 0.100. The number of nitrogens with zero attached hydrogens (tertiary/aromatic N) is 3. The highest BCUT2D eigenvalue weighted by Gasteiger charge is 2.12. The lowest BCUT2D eigenvalue weighted by atomic mass is 10.2. The molecule has 0 spiro atoms. The van der Waals surface area contributed by atoms with Crippen LogP contribution in [0.15, 0.2) is 48.5 Å². The Morgan fingerprint density at radius 3 is 2.67 bits per heavy atom. The molecule has 2 aromatic carbocycles. The normalized spacial score (nSPS) is 10.1. The first-order valence-electron chi connectivity index (χ1n) is 8.15. The van der Waals surface area contributed by atoms with E-state index >= 15 is 0 Å². The number of benzene rings is 2. The number of hydrogen-bond acceptors (Lipinski definition) is 5. The number of nitriles is 1.